The Morgan fingerprint density at radius 1 is 1.04 bits per heavy atom. The summed E-state index contributed by atoms with van der Waals surface area (Å²) >= 11 is 0. The van der Waals surface area contributed by atoms with Crippen molar-refractivity contribution in [2.24, 2.45) is 0 Å². The summed E-state index contributed by atoms with van der Waals surface area (Å²) in [5.41, 5.74) is 1.63. The van der Waals surface area contributed by atoms with Crippen molar-refractivity contribution in [1.29, 1.82) is 0 Å². The molecule has 1 saturated heterocycles. The number of sulfonamides is 1. The minimum atomic E-state index is -3.13. The molecule has 3 rings (SSSR count). The average Bonchev–Trinajstić information content (AvgIpc) is 2.64. The molecule has 0 spiro atoms. The highest BCUT2D eigenvalue weighted by Gasteiger charge is 2.23. The number of anilines is 1. The van der Waals surface area contributed by atoms with Gasteiger partial charge in [0.05, 0.1) is 11.9 Å². The Bertz CT molecular complexity index is 908. The molecular formula is C19H22FN3O3S. The lowest BCUT2D eigenvalue weighted by molar-refractivity contribution is 0.102. The molecule has 0 bridgehead atoms. The molecule has 1 amide bonds. The topological polar surface area (TPSA) is 69.7 Å². The molecule has 27 heavy (non-hydrogen) atoms. The second kappa shape index (κ2) is 8.16. The van der Waals surface area contributed by atoms with Gasteiger partial charge in [0.15, 0.2) is 0 Å². The number of halogens is 1. The molecule has 144 valence electrons. The molecule has 1 fully saturated rings. The van der Waals surface area contributed by atoms with Gasteiger partial charge in [0, 0.05) is 38.3 Å². The number of piperazine rings is 1. The molecule has 0 aliphatic carbocycles. The number of carbonyl (C=O) groups excluding carboxylic acids is 1. The largest absolute Gasteiger partial charge is 0.319 e. The number of nitrogens with zero attached hydrogens (tertiary/aromatic N) is 2. The van der Waals surface area contributed by atoms with Gasteiger partial charge in [0.1, 0.15) is 5.82 Å². The van der Waals surface area contributed by atoms with E-state index in [0.717, 1.165) is 5.56 Å². The maximum atomic E-state index is 13.6. The first-order valence-electron chi connectivity index (χ1n) is 8.65. The number of benzene rings is 2. The maximum Gasteiger partial charge on any atom is 0.255 e. The van der Waals surface area contributed by atoms with Crippen LogP contribution in [0.1, 0.15) is 15.9 Å². The third-order valence-electron chi connectivity index (χ3n) is 4.54. The van der Waals surface area contributed by atoms with Crippen LogP contribution in [0.15, 0.2) is 48.5 Å². The van der Waals surface area contributed by atoms with E-state index in [0.29, 0.717) is 38.3 Å². The summed E-state index contributed by atoms with van der Waals surface area (Å²) in [5, 5.41) is 2.56. The molecule has 8 heteroatoms. The number of amides is 1. The summed E-state index contributed by atoms with van der Waals surface area (Å²) in [4.78, 5) is 14.4. The van der Waals surface area contributed by atoms with Gasteiger partial charge in [-0.25, -0.2) is 12.8 Å². The average molecular weight is 391 g/mol. The van der Waals surface area contributed by atoms with Crippen LogP contribution >= 0.6 is 0 Å². The lowest BCUT2D eigenvalue weighted by Crippen LogP contribution is -2.47. The Hall–Kier alpha value is -2.29. The molecule has 1 N–H and O–H groups in total. The predicted octanol–water partition coefficient (Wildman–Crippen LogP) is 2.16. The van der Waals surface area contributed by atoms with Gasteiger partial charge < -0.3 is 5.32 Å². The van der Waals surface area contributed by atoms with E-state index in [1.165, 1.54) is 22.7 Å². The second-order valence-electron chi connectivity index (χ2n) is 6.57. The van der Waals surface area contributed by atoms with Crippen molar-refractivity contribution < 1.29 is 17.6 Å². The van der Waals surface area contributed by atoms with Crippen LogP contribution in [0, 0.1) is 5.82 Å². The van der Waals surface area contributed by atoms with Gasteiger partial charge >= 0.3 is 0 Å². The van der Waals surface area contributed by atoms with Crippen LogP contribution in [0.25, 0.3) is 0 Å². The van der Waals surface area contributed by atoms with Gasteiger partial charge in [-0.05, 0) is 29.8 Å². The van der Waals surface area contributed by atoms with Crippen LogP contribution in [0.2, 0.25) is 0 Å². The zero-order valence-corrected chi connectivity index (χ0v) is 15.9. The van der Waals surface area contributed by atoms with E-state index >= 15 is 0 Å². The number of hydrogen-bond donors (Lipinski definition) is 1. The number of nitrogens with one attached hydrogen (secondary N) is 1. The highest BCUT2D eigenvalue weighted by molar-refractivity contribution is 7.88. The van der Waals surface area contributed by atoms with Crippen LogP contribution in [0.4, 0.5) is 10.1 Å². The van der Waals surface area contributed by atoms with Crippen molar-refractivity contribution in [2.45, 2.75) is 6.54 Å². The van der Waals surface area contributed by atoms with Crippen LogP contribution in [0.5, 0.6) is 0 Å². The Labute approximate surface area is 158 Å². The standard InChI is InChI=1S/C19H22FN3O3S/c1-27(25,26)23-12-10-22(11-13-23)14-15-6-8-16(9-7-15)19(24)21-18-5-3-2-4-17(18)20/h2-9H,10-14H2,1H3,(H,21,24). The fourth-order valence-electron chi connectivity index (χ4n) is 3.00. The molecular weight excluding hydrogens is 369 g/mol. The van der Waals surface area contributed by atoms with Crippen molar-refractivity contribution in [3.63, 3.8) is 0 Å². The van der Waals surface area contributed by atoms with Crippen LogP contribution in [-0.2, 0) is 16.6 Å². The fourth-order valence-corrected chi connectivity index (χ4v) is 3.82. The Morgan fingerprint density at radius 2 is 1.67 bits per heavy atom. The molecule has 1 aliphatic heterocycles. The Kier molecular flexibility index (Phi) is 5.88. The SMILES string of the molecule is CS(=O)(=O)N1CCN(Cc2ccc(C(=O)Nc3ccccc3F)cc2)CC1. The first-order chi connectivity index (χ1) is 12.8. The third-order valence-corrected chi connectivity index (χ3v) is 5.85. The van der Waals surface area contributed by atoms with E-state index in [-0.39, 0.29) is 11.6 Å². The molecule has 1 aliphatic rings. The molecule has 6 nitrogen and oxygen atoms in total. The van der Waals surface area contributed by atoms with Crippen molar-refractivity contribution in [2.75, 3.05) is 37.8 Å². The zero-order chi connectivity index (χ0) is 19.4. The monoisotopic (exact) mass is 391 g/mol. The molecule has 1 heterocycles. The third kappa shape index (κ3) is 5.12. The highest BCUT2D eigenvalue weighted by Crippen LogP contribution is 2.15. The minimum Gasteiger partial charge on any atom is -0.319 e. The van der Waals surface area contributed by atoms with Crippen molar-refractivity contribution >= 4 is 21.6 Å². The van der Waals surface area contributed by atoms with Crippen molar-refractivity contribution in [1.82, 2.24) is 9.21 Å². The fraction of sp³-hybridized carbons (Fsp3) is 0.316. The van der Waals surface area contributed by atoms with E-state index in [9.17, 15) is 17.6 Å². The first-order valence-corrected chi connectivity index (χ1v) is 10.5. The molecule has 0 unspecified atom stereocenters. The van der Waals surface area contributed by atoms with E-state index in [1.54, 1.807) is 24.3 Å². The molecule has 0 saturated carbocycles. The highest BCUT2D eigenvalue weighted by atomic mass is 32.2. The predicted molar refractivity (Wildman–Crippen MR) is 102 cm³/mol. The number of rotatable bonds is 5. The maximum absolute atomic E-state index is 13.6. The van der Waals surface area contributed by atoms with Gasteiger partial charge in [0.2, 0.25) is 10.0 Å². The summed E-state index contributed by atoms with van der Waals surface area (Å²) in [5.74, 6) is -0.843. The van der Waals surface area contributed by atoms with E-state index in [2.05, 4.69) is 10.2 Å². The van der Waals surface area contributed by atoms with Gasteiger partial charge in [-0.15, -0.1) is 0 Å². The summed E-state index contributed by atoms with van der Waals surface area (Å²) in [7, 11) is -3.13. The molecule has 2 aromatic carbocycles. The lowest BCUT2D eigenvalue weighted by Gasteiger charge is -2.33. The van der Waals surface area contributed by atoms with Crippen LogP contribution in [-0.4, -0.2) is 56.0 Å². The quantitative estimate of drug-likeness (QED) is 0.848. The molecule has 2 aromatic rings. The van der Waals surface area contributed by atoms with Crippen LogP contribution < -0.4 is 5.32 Å². The van der Waals surface area contributed by atoms with Gasteiger partial charge in [-0.3, -0.25) is 9.69 Å². The second-order valence-corrected chi connectivity index (χ2v) is 8.55. The first kappa shape index (κ1) is 19.5. The van der Waals surface area contributed by atoms with Gasteiger partial charge in [-0.2, -0.15) is 4.31 Å². The summed E-state index contributed by atoms with van der Waals surface area (Å²) < 4.78 is 38.2. The number of hydrogen-bond acceptors (Lipinski definition) is 4. The Morgan fingerprint density at radius 3 is 2.26 bits per heavy atom. The molecule has 0 atom stereocenters. The minimum absolute atomic E-state index is 0.148. The summed E-state index contributed by atoms with van der Waals surface area (Å²) in [6.45, 7) is 3.00. The molecule has 0 radical (unpaired) electrons. The van der Waals surface area contributed by atoms with E-state index in [4.69, 9.17) is 0 Å². The lowest BCUT2D eigenvalue weighted by atomic mass is 10.1. The van der Waals surface area contributed by atoms with E-state index in [1.807, 2.05) is 12.1 Å². The number of carbonyl (C=O) groups is 1. The van der Waals surface area contributed by atoms with Gasteiger partial charge in [-0.1, -0.05) is 24.3 Å². The summed E-state index contributed by atoms with van der Waals surface area (Å²) in [6.07, 6.45) is 1.23. The Balaban J connectivity index is 1.56. The zero-order valence-electron chi connectivity index (χ0n) is 15.1. The normalized spacial score (nSPS) is 16.2. The number of para-hydroxylation sites is 1. The van der Waals surface area contributed by atoms with Gasteiger partial charge in [0.25, 0.3) is 5.91 Å². The van der Waals surface area contributed by atoms with Crippen LogP contribution in [0.3, 0.4) is 0 Å². The molecule has 0 aromatic heterocycles. The smallest absolute Gasteiger partial charge is 0.255 e. The van der Waals surface area contributed by atoms with E-state index < -0.39 is 15.8 Å². The summed E-state index contributed by atoms with van der Waals surface area (Å²) in [6, 6.07) is 13.2. The van der Waals surface area contributed by atoms with Crippen molar-refractivity contribution in [3.05, 3.63) is 65.5 Å². The van der Waals surface area contributed by atoms with Crippen molar-refractivity contribution in [3.8, 4) is 0 Å².